The molecule has 0 spiro atoms. The predicted octanol–water partition coefficient (Wildman–Crippen LogP) is 9.40. The van der Waals surface area contributed by atoms with Crippen LogP contribution in [-0.2, 0) is 50.9 Å². The highest BCUT2D eigenvalue weighted by molar-refractivity contribution is 7.47. The van der Waals surface area contributed by atoms with Crippen LogP contribution in [0.5, 0.6) is 0 Å². The first-order valence-corrected chi connectivity index (χ1v) is 29.5. The van der Waals surface area contributed by atoms with E-state index in [1.165, 1.54) is 64.2 Å². The molecule has 69 heavy (non-hydrogen) atoms. The highest BCUT2D eigenvalue weighted by atomic mass is 31.2. The molecule has 0 aromatic heterocycles. The van der Waals surface area contributed by atoms with E-state index in [0.29, 0.717) is 19.3 Å². The van der Waals surface area contributed by atoms with Crippen LogP contribution < -0.4 is 0 Å². The number of aliphatic hydroxyl groups is 3. The van der Waals surface area contributed by atoms with E-state index >= 15 is 0 Å². The smallest absolute Gasteiger partial charge is 0.462 e. The van der Waals surface area contributed by atoms with Crippen molar-refractivity contribution in [1.82, 2.24) is 0 Å². The number of carbonyl (C=O) groups excluding carboxylic acids is 2. The monoisotopic (exact) mass is 1050 g/mol. The van der Waals surface area contributed by atoms with Crippen LogP contribution in [0.1, 0.15) is 181 Å². The van der Waals surface area contributed by atoms with E-state index < -0.39 is 91.3 Å². The van der Waals surface area contributed by atoms with Gasteiger partial charge in [-0.1, -0.05) is 165 Å². The maximum absolute atomic E-state index is 13.1. The van der Waals surface area contributed by atoms with Crippen LogP contribution in [-0.4, -0.2) is 108 Å². The Hall–Kier alpha value is -1.89. The summed E-state index contributed by atoms with van der Waals surface area (Å²) in [6.07, 6.45) is 25.5. The van der Waals surface area contributed by atoms with Crippen LogP contribution in [0.2, 0.25) is 0 Å². The van der Waals surface area contributed by atoms with Crippen LogP contribution >= 0.6 is 23.5 Å². The summed E-state index contributed by atoms with van der Waals surface area (Å²) in [6.45, 7) is 2.83. The molecule has 0 heterocycles. The van der Waals surface area contributed by atoms with Gasteiger partial charge in [-0.15, -0.1) is 0 Å². The minimum absolute atomic E-state index is 0.0298. The second kappa shape index (κ2) is 38.7. The van der Waals surface area contributed by atoms with E-state index in [2.05, 4.69) is 71.5 Å². The number of esters is 2. The third-order valence-corrected chi connectivity index (χ3v) is 13.2. The summed E-state index contributed by atoms with van der Waals surface area (Å²) in [7, 11) is -16.6. The highest BCUT2D eigenvalue weighted by Crippen LogP contribution is 2.51. The van der Waals surface area contributed by atoms with E-state index in [1.54, 1.807) is 0 Å². The van der Waals surface area contributed by atoms with E-state index in [9.17, 15) is 63.1 Å². The average Bonchev–Trinajstić information content (AvgIpc) is 3.28. The lowest BCUT2D eigenvalue weighted by Crippen LogP contribution is -2.65. The van der Waals surface area contributed by atoms with Crippen molar-refractivity contribution in [3.05, 3.63) is 48.6 Å². The average molecular weight is 1050 g/mol. The number of phosphoric ester groups is 3. The molecule has 5 unspecified atom stereocenters. The largest absolute Gasteiger partial charge is 0.472 e. The molecule has 1 aliphatic carbocycles. The van der Waals surface area contributed by atoms with Crippen molar-refractivity contribution < 1.29 is 90.6 Å². The summed E-state index contributed by atoms with van der Waals surface area (Å²) in [5.41, 5.74) is 0. The topological polar surface area (TPSA) is 303 Å². The molecule has 1 saturated carbocycles. The Bertz CT molecular complexity index is 1630. The lowest BCUT2D eigenvalue weighted by atomic mass is 9.85. The number of hydrogen-bond acceptors (Lipinski definition) is 14. The van der Waals surface area contributed by atoms with E-state index in [4.69, 9.17) is 18.5 Å². The number of hydrogen-bond donors (Lipinski definition) is 8. The number of phosphoric acid groups is 3. The van der Waals surface area contributed by atoms with Gasteiger partial charge in [-0.2, -0.15) is 0 Å². The number of carbonyl (C=O) groups is 2. The minimum atomic E-state index is -5.61. The third kappa shape index (κ3) is 35.0. The number of allylic oxidation sites excluding steroid dienone is 8. The Morgan fingerprint density at radius 1 is 0.478 bits per heavy atom. The molecule has 8 N–H and O–H groups in total. The quantitative estimate of drug-likeness (QED) is 0.0122. The predicted molar refractivity (Wildman–Crippen MR) is 261 cm³/mol. The number of ether oxygens (including phenoxy) is 2. The summed E-state index contributed by atoms with van der Waals surface area (Å²) in [6, 6.07) is 0. The zero-order valence-corrected chi connectivity index (χ0v) is 43.6. The van der Waals surface area contributed by atoms with Crippen LogP contribution in [0.4, 0.5) is 0 Å². The summed E-state index contributed by atoms with van der Waals surface area (Å²) in [5.74, 6) is -1.32. The fourth-order valence-corrected chi connectivity index (χ4v) is 9.55. The first-order chi connectivity index (χ1) is 32.8. The van der Waals surface area contributed by atoms with Crippen molar-refractivity contribution in [2.75, 3.05) is 13.2 Å². The van der Waals surface area contributed by atoms with Crippen LogP contribution in [0.15, 0.2) is 48.6 Å². The Morgan fingerprint density at radius 2 is 0.884 bits per heavy atom. The van der Waals surface area contributed by atoms with Gasteiger partial charge >= 0.3 is 35.4 Å². The van der Waals surface area contributed by atoms with Gasteiger partial charge in [-0.25, -0.2) is 13.7 Å². The molecule has 22 heteroatoms. The standard InChI is InChI=1S/C47H85O19P3/c1-3-5-7-9-11-13-15-17-19-20-22-24-26-28-30-32-34-36-41(49)63-39(37-61-40(48)35-33-31-29-27-25-23-21-18-16-14-12-10-8-6-4-2)38-62-69(59,60)66-45-42(50)43(51)46(64-67(53,54)55)47(44(45)52)65-68(56,57)58/h5,7,11,13,17,19,22,24,39,42-47,50-52H,3-4,6,8-10,12,14-16,18,20-21,23,25-38H2,1-2H3,(H,59,60)(H2,53,54,55)(H2,56,57,58)/b7-5-,13-11-,19-17-,24-22-/t39-,42?,43?,44?,45+,46?,47+/m1/s1. The van der Waals surface area contributed by atoms with Crippen molar-refractivity contribution in [2.24, 2.45) is 0 Å². The summed E-state index contributed by atoms with van der Waals surface area (Å²) in [5, 5.41) is 31.9. The molecule has 1 aliphatic rings. The molecular formula is C47H85O19P3. The number of aliphatic hydroxyl groups excluding tert-OH is 3. The van der Waals surface area contributed by atoms with Crippen molar-refractivity contribution >= 4 is 35.4 Å². The van der Waals surface area contributed by atoms with Crippen molar-refractivity contribution in [3.63, 3.8) is 0 Å². The minimum Gasteiger partial charge on any atom is -0.462 e. The van der Waals surface area contributed by atoms with Crippen molar-refractivity contribution in [3.8, 4) is 0 Å². The first kappa shape index (κ1) is 65.1. The zero-order chi connectivity index (χ0) is 51.4. The normalized spacial score (nSPS) is 21.7. The van der Waals surface area contributed by atoms with E-state index in [-0.39, 0.29) is 12.8 Å². The van der Waals surface area contributed by atoms with Gasteiger partial charge in [-0.05, 0) is 51.4 Å². The van der Waals surface area contributed by atoms with Crippen molar-refractivity contribution in [2.45, 2.75) is 224 Å². The Morgan fingerprint density at radius 3 is 1.36 bits per heavy atom. The summed E-state index contributed by atoms with van der Waals surface area (Å²) < 4.78 is 65.5. The van der Waals surface area contributed by atoms with Gasteiger partial charge in [0.1, 0.15) is 43.2 Å². The molecule has 19 nitrogen and oxygen atoms in total. The number of rotatable bonds is 42. The molecule has 402 valence electrons. The van der Waals surface area contributed by atoms with Gasteiger partial charge in [0.05, 0.1) is 6.61 Å². The maximum atomic E-state index is 13.1. The molecule has 1 rings (SSSR count). The molecule has 0 aliphatic heterocycles. The van der Waals surface area contributed by atoms with E-state index in [0.717, 1.165) is 70.6 Å². The Labute approximate surface area is 410 Å². The Kier molecular flexibility index (Phi) is 36.5. The van der Waals surface area contributed by atoms with E-state index in [1.807, 2.05) is 0 Å². The highest BCUT2D eigenvalue weighted by Gasteiger charge is 2.56. The van der Waals surface area contributed by atoms with Gasteiger partial charge in [0.2, 0.25) is 0 Å². The third-order valence-electron chi connectivity index (χ3n) is 11.2. The lowest BCUT2D eigenvalue weighted by Gasteiger charge is -2.44. The molecule has 0 aromatic rings. The molecular weight excluding hydrogens is 961 g/mol. The lowest BCUT2D eigenvalue weighted by molar-refractivity contribution is -0.213. The van der Waals surface area contributed by atoms with Crippen LogP contribution in [0, 0.1) is 0 Å². The molecule has 0 radical (unpaired) electrons. The molecule has 0 amide bonds. The van der Waals surface area contributed by atoms with Gasteiger partial charge < -0.3 is 49.3 Å². The first-order valence-electron chi connectivity index (χ1n) is 24.9. The summed E-state index contributed by atoms with van der Waals surface area (Å²) >= 11 is 0. The van der Waals surface area contributed by atoms with Gasteiger partial charge in [0.25, 0.3) is 0 Å². The van der Waals surface area contributed by atoms with Gasteiger partial charge in [0, 0.05) is 12.8 Å². The molecule has 0 saturated heterocycles. The molecule has 0 aromatic carbocycles. The fourth-order valence-electron chi connectivity index (χ4n) is 7.46. The second-order valence-electron chi connectivity index (χ2n) is 17.4. The fraction of sp³-hybridized carbons (Fsp3) is 0.787. The van der Waals surface area contributed by atoms with Crippen molar-refractivity contribution in [1.29, 1.82) is 0 Å². The van der Waals surface area contributed by atoms with Crippen LogP contribution in [0.25, 0.3) is 0 Å². The second-order valence-corrected chi connectivity index (χ2v) is 21.2. The van der Waals surface area contributed by atoms with Gasteiger partial charge in [-0.3, -0.25) is 27.7 Å². The molecule has 0 bridgehead atoms. The van der Waals surface area contributed by atoms with Gasteiger partial charge in [0.15, 0.2) is 6.10 Å². The molecule has 8 atom stereocenters. The summed E-state index contributed by atoms with van der Waals surface area (Å²) in [4.78, 5) is 73.3. The number of unbranched alkanes of at least 4 members (excludes halogenated alkanes) is 18. The zero-order valence-electron chi connectivity index (χ0n) is 40.9. The molecule has 1 fully saturated rings. The van der Waals surface area contributed by atoms with Crippen LogP contribution in [0.3, 0.4) is 0 Å². The Balaban J connectivity index is 2.72. The maximum Gasteiger partial charge on any atom is 0.472 e. The SMILES string of the molecule is CC/C=C\C/C=C\C/C=C\C/C=C\CCCCCCC(=O)O[C@H](COC(=O)CCCCCCCCCCCCCCCCC)COP(=O)(O)O[C@H]1C(O)C(O)C(OP(=O)(O)O)[C@@H](OP(=O)(O)O)C1O.